The zero-order valence-electron chi connectivity index (χ0n) is 13.1. The van der Waals surface area contributed by atoms with Crippen molar-refractivity contribution in [3.05, 3.63) is 53.9 Å². The largest absolute Gasteiger partial charge is 0.507 e. The number of benzene rings is 1. The number of aldehydes is 1. The highest BCUT2D eigenvalue weighted by Gasteiger charge is 2.30. The minimum absolute atomic E-state index is 0.0821. The first-order chi connectivity index (χ1) is 11.7. The van der Waals surface area contributed by atoms with E-state index in [9.17, 15) is 14.7 Å². The molecule has 2 heterocycles. The number of rotatable bonds is 5. The fourth-order valence-corrected chi connectivity index (χ4v) is 2.88. The number of hydrogen-bond donors (Lipinski definition) is 1. The summed E-state index contributed by atoms with van der Waals surface area (Å²) in [6, 6.07) is 9.84. The van der Waals surface area contributed by atoms with Gasteiger partial charge in [-0.1, -0.05) is 12.1 Å². The van der Waals surface area contributed by atoms with Gasteiger partial charge in [-0.25, -0.2) is 0 Å². The predicted molar refractivity (Wildman–Crippen MR) is 87.3 cm³/mol. The molecule has 1 saturated heterocycles. The minimum atomic E-state index is -0.117. The van der Waals surface area contributed by atoms with Crippen molar-refractivity contribution < 1.29 is 19.4 Å². The van der Waals surface area contributed by atoms with Crippen LogP contribution in [0.15, 0.2) is 42.6 Å². The number of phenolic OH excluding ortho intramolecular Hbond substituents is 1. The molecular formula is C18H18N2O4. The Labute approximate surface area is 139 Å². The Kier molecular flexibility index (Phi) is 4.74. The molecule has 2 aromatic rings. The van der Waals surface area contributed by atoms with Gasteiger partial charge in [0.15, 0.2) is 6.29 Å². The number of pyridine rings is 1. The molecule has 1 aromatic carbocycles. The van der Waals surface area contributed by atoms with Crippen LogP contribution in [0.25, 0.3) is 0 Å². The van der Waals surface area contributed by atoms with Gasteiger partial charge in [0.1, 0.15) is 23.8 Å². The van der Waals surface area contributed by atoms with E-state index in [1.165, 1.54) is 6.07 Å². The summed E-state index contributed by atoms with van der Waals surface area (Å²) < 4.78 is 5.70. The highest BCUT2D eigenvalue weighted by molar-refractivity contribution is 5.92. The highest BCUT2D eigenvalue weighted by Crippen LogP contribution is 2.27. The van der Waals surface area contributed by atoms with Crippen LogP contribution in [0.5, 0.6) is 11.5 Å². The van der Waals surface area contributed by atoms with Gasteiger partial charge in [-0.15, -0.1) is 0 Å². The van der Waals surface area contributed by atoms with E-state index >= 15 is 0 Å². The van der Waals surface area contributed by atoms with Gasteiger partial charge in [-0.3, -0.25) is 14.6 Å². The summed E-state index contributed by atoms with van der Waals surface area (Å²) in [6.45, 7) is 0.923. The van der Waals surface area contributed by atoms with Crippen LogP contribution in [0, 0.1) is 0 Å². The molecule has 0 spiro atoms. The molecule has 0 aliphatic carbocycles. The first-order valence-corrected chi connectivity index (χ1v) is 7.82. The van der Waals surface area contributed by atoms with Gasteiger partial charge in [0.05, 0.1) is 11.6 Å². The number of ether oxygens (including phenoxy) is 1. The lowest BCUT2D eigenvalue weighted by Gasteiger charge is -2.24. The van der Waals surface area contributed by atoms with Crippen molar-refractivity contribution in [3.8, 4) is 11.5 Å². The number of nitrogens with zero attached hydrogens (tertiary/aromatic N) is 2. The molecule has 3 rings (SSSR count). The third-order valence-electron chi connectivity index (χ3n) is 4.11. The van der Waals surface area contributed by atoms with Gasteiger partial charge in [0.2, 0.25) is 0 Å². The maximum absolute atomic E-state index is 12.6. The quantitative estimate of drug-likeness (QED) is 0.853. The van der Waals surface area contributed by atoms with Crippen molar-refractivity contribution in [1.82, 2.24) is 9.88 Å². The van der Waals surface area contributed by atoms with Crippen molar-refractivity contribution >= 4 is 12.2 Å². The average Bonchev–Trinajstić information content (AvgIpc) is 3.08. The molecule has 1 amide bonds. The molecule has 6 nitrogen and oxygen atoms in total. The second-order valence-corrected chi connectivity index (χ2v) is 5.63. The Bertz CT molecular complexity index is 733. The van der Waals surface area contributed by atoms with E-state index in [1.807, 2.05) is 0 Å². The topological polar surface area (TPSA) is 79.7 Å². The zero-order chi connectivity index (χ0) is 16.9. The first kappa shape index (κ1) is 16.0. The predicted octanol–water partition coefficient (Wildman–Crippen LogP) is 2.28. The van der Waals surface area contributed by atoms with E-state index in [4.69, 9.17) is 4.74 Å². The maximum Gasteiger partial charge on any atom is 0.272 e. The lowest BCUT2D eigenvalue weighted by Crippen LogP contribution is -2.39. The van der Waals surface area contributed by atoms with Crippen LogP contribution in [-0.2, 0) is 0 Å². The number of hydrogen-bond acceptors (Lipinski definition) is 5. The van der Waals surface area contributed by atoms with Gasteiger partial charge in [-0.2, -0.15) is 0 Å². The maximum atomic E-state index is 12.6. The number of carbonyl (C=O) groups is 2. The van der Waals surface area contributed by atoms with Crippen molar-refractivity contribution in [2.24, 2.45) is 0 Å². The van der Waals surface area contributed by atoms with Gasteiger partial charge in [0, 0.05) is 12.7 Å². The van der Waals surface area contributed by atoms with E-state index in [0.29, 0.717) is 24.3 Å². The fraction of sp³-hybridized carbons (Fsp3) is 0.278. The van der Waals surface area contributed by atoms with E-state index in [0.717, 1.165) is 12.8 Å². The van der Waals surface area contributed by atoms with Crippen molar-refractivity contribution in [2.45, 2.75) is 18.9 Å². The van der Waals surface area contributed by atoms with Gasteiger partial charge in [0.25, 0.3) is 5.91 Å². The summed E-state index contributed by atoms with van der Waals surface area (Å²) in [4.78, 5) is 29.5. The lowest BCUT2D eigenvalue weighted by atomic mass is 10.2. The number of likely N-dealkylation sites (tertiary alicyclic amines) is 1. The highest BCUT2D eigenvalue weighted by atomic mass is 16.5. The van der Waals surface area contributed by atoms with Crippen LogP contribution in [0.3, 0.4) is 0 Å². The number of amides is 1. The van der Waals surface area contributed by atoms with E-state index in [1.54, 1.807) is 41.4 Å². The smallest absolute Gasteiger partial charge is 0.272 e. The number of aromatic nitrogens is 1. The Balaban J connectivity index is 1.70. The van der Waals surface area contributed by atoms with Gasteiger partial charge < -0.3 is 14.7 Å². The van der Waals surface area contributed by atoms with Crippen LogP contribution in [0.1, 0.15) is 33.7 Å². The second-order valence-electron chi connectivity index (χ2n) is 5.63. The minimum Gasteiger partial charge on any atom is -0.507 e. The zero-order valence-corrected chi connectivity index (χ0v) is 13.1. The normalized spacial score (nSPS) is 16.8. The molecule has 0 radical (unpaired) electrons. The van der Waals surface area contributed by atoms with Crippen LogP contribution < -0.4 is 4.74 Å². The van der Waals surface area contributed by atoms with Gasteiger partial charge >= 0.3 is 0 Å². The summed E-state index contributed by atoms with van der Waals surface area (Å²) in [5.74, 6) is 0.0886. The lowest BCUT2D eigenvalue weighted by molar-refractivity contribution is 0.0684. The third kappa shape index (κ3) is 3.22. The molecule has 1 N–H and O–H groups in total. The van der Waals surface area contributed by atoms with E-state index in [-0.39, 0.29) is 29.9 Å². The number of carbonyl (C=O) groups excluding carboxylic acids is 2. The third-order valence-corrected chi connectivity index (χ3v) is 4.11. The molecule has 124 valence electrons. The average molecular weight is 326 g/mol. The molecule has 1 atom stereocenters. The SMILES string of the molecule is O=Cc1c(O)cccc1OC[C@@H]1CCCN1C(=O)c1ccccn1. The van der Waals surface area contributed by atoms with Crippen LogP contribution in [-0.4, -0.2) is 46.4 Å². The number of aromatic hydroxyl groups is 1. The van der Waals surface area contributed by atoms with E-state index < -0.39 is 0 Å². The molecule has 6 heteroatoms. The summed E-state index contributed by atoms with van der Waals surface area (Å²) in [5, 5.41) is 9.69. The summed E-state index contributed by atoms with van der Waals surface area (Å²) in [5.41, 5.74) is 0.536. The molecule has 1 fully saturated rings. The Morgan fingerprint density at radius 3 is 2.96 bits per heavy atom. The van der Waals surface area contributed by atoms with Crippen LogP contribution in [0.2, 0.25) is 0 Å². The molecule has 1 aliphatic heterocycles. The summed E-state index contributed by atoms with van der Waals surface area (Å²) in [6.07, 6.45) is 3.88. The molecule has 0 bridgehead atoms. The summed E-state index contributed by atoms with van der Waals surface area (Å²) >= 11 is 0. The Hall–Kier alpha value is -2.89. The van der Waals surface area contributed by atoms with E-state index in [2.05, 4.69) is 4.98 Å². The monoisotopic (exact) mass is 326 g/mol. The van der Waals surface area contributed by atoms with Crippen molar-refractivity contribution in [3.63, 3.8) is 0 Å². The molecule has 1 aromatic heterocycles. The summed E-state index contributed by atoms with van der Waals surface area (Å²) in [7, 11) is 0. The van der Waals surface area contributed by atoms with Crippen LogP contribution in [0.4, 0.5) is 0 Å². The molecule has 1 aliphatic rings. The van der Waals surface area contributed by atoms with Crippen LogP contribution >= 0.6 is 0 Å². The standard InChI is InChI=1S/C18H18N2O4/c21-11-14-16(22)7-3-8-17(14)24-12-13-5-4-10-20(13)18(23)15-6-1-2-9-19-15/h1-3,6-9,11,13,22H,4-5,10,12H2/t13-/m0/s1. The molecular weight excluding hydrogens is 308 g/mol. The molecule has 0 unspecified atom stereocenters. The number of phenols is 1. The Morgan fingerprint density at radius 2 is 2.21 bits per heavy atom. The van der Waals surface area contributed by atoms with Crippen molar-refractivity contribution in [1.29, 1.82) is 0 Å². The first-order valence-electron chi connectivity index (χ1n) is 7.82. The Morgan fingerprint density at radius 1 is 1.33 bits per heavy atom. The molecule has 0 saturated carbocycles. The van der Waals surface area contributed by atoms with Gasteiger partial charge in [-0.05, 0) is 37.1 Å². The second kappa shape index (κ2) is 7.12. The van der Waals surface area contributed by atoms with Crippen molar-refractivity contribution in [2.75, 3.05) is 13.2 Å². The fourth-order valence-electron chi connectivity index (χ4n) is 2.88. The molecule has 24 heavy (non-hydrogen) atoms.